The van der Waals surface area contributed by atoms with Crippen molar-refractivity contribution in [3.8, 4) is 0 Å². The molecule has 4 N–H and O–H groups in total. The fourth-order valence-electron chi connectivity index (χ4n) is 4.33. The molecule has 0 spiro atoms. The Morgan fingerprint density at radius 3 is 2.73 bits per heavy atom. The van der Waals surface area contributed by atoms with Gasteiger partial charge in [-0.05, 0) is 58.2 Å². The minimum absolute atomic E-state index is 0.163. The van der Waals surface area contributed by atoms with Crippen molar-refractivity contribution in [3.63, 3.8) is 0 Å². The molecular formula is C19H39N5O2. The third kappa shape index (κ3) is 5.86. The van der Waals surface area contributed by atoms with Gasteiger partial charge in [0.1, 0.15) is 6.29 Å². The van der Waals surface area contributed by atoms with E-state index in [-0.39, 0.29) is 18.5 Å². The van der Waals surface area contributed by atoms with Crippen LogP contribution in [0.4, 0.5) is 0 Å². The number of nitrogens with one attached hydrogen (secondary N) is 4. The second-order valence-corrected chi connectivity index (χ2v) is 8.27. The van der Waals surface area contributed by atoms with Crippen molar-refractivity contribution in [1.29, 1.82) is 0 Å². The fourth-order valence-corrected chi connectivity index (χ4v) is 4.33. The average Bonchev–Trinajstić information content (AvgIpc) is 2.63. The van der Waals surface area contributed by atoms with Crippen LogP contribution in [-0.4, -0.2) is 82.5 Å². The lowest BCUT2D eigenvalue weighted by Gasteiger charge is -2.40. The lowest BCUT2D eigenvalue weighted by molar-refractivity contribution is -0.0932. The van der Waals surface area contributed by atoms with E-state index in [0.29, 0.717) is 18.1 Å². The topological polar surface area (TPSA) is 69.8 Å². The largest absolute Gasteiger partial charge is 0.379 e. The molecule has 2 saturated heterocycles. The van der Waals surface area contributed by atoms with Crippen molar-refractivity contribution in [3.05, 3.63) is 0 Å². The summed E-state index contributed by atoms with van der Waals surface area (Å²) in [7, 11) is 3.83. The molecule has 7 heteroatoms. The van der Waals surface area contributed by atoms with Crippen LogP contribution in [0.15, 0.2) is 0 Å². The first-order valence-electron chi connectivity index (χ1n) is 10.5. The zero-order valence-corrected chi connectivity index (χ0v) is 16.8. The van der Waals surface area contributed by atoms with E-state index in [1.165, 1.54) is 19.5 Å². The van der Waals surface area contributed by atoms with Gasteiger partial charge in [-0.15, -0.1) is 0 Å². The SMILES string of the molecule is CNC1CCNC(NC2CCC(OC)C(OC[C@@H](C)CN3CCC3)C2)N1. The number of ether oxygens (including phenoxy) is 2. The molecule has 1 saturated carbocycles. The molecule has 26 heavy (non-hydrogen) atoms. The van der Waals surface area contributed by atoms with Crippen LogP contribution in [0.25, 0.3) is 0 Å². The average molecular weight is 370 g/mol. The molecule has 0 aromatic rings. The highest BCUT2D eigenvalue weighted by molar-refractivity contribution is 4.88. The van der Waals surface area contributed by atoms with Gasteiger partial charge in [-0.1, -0.05) is 6.92 Å². The Bertz CT molecular complexity index is 409. The van der Waals surface area contributed by atoms with E-state index in [0.717, 1.165) is 45.4 Å². The van der Waals surface area contributed by atoms with Crippen molar-refractivity contribution in [2.24, 2.45) is 5.92 Å². The smallest absolute Gasteiger partial charge is 0.113 e. The van der Waals surface area contributed by atoms with E-state index < -0.39 is 0 Å². The molecule has 7 nitrogen and oxygen atoms in total. The zero-order valence-electron chi connectivity index (χ0n) is 16.8. The van der Waals surface area contributed by atoms with E-state index in [2.05, 4.69) is 33.1 Å². The first-order chi connectivity index (χ1) is 12.7. The lowest BCUT2D eigenvalue weighted by atomic mass is 9.90. The lowest BCUT2D eigenvalue weighted by Crippen LogP contribution is -2.66. The summed E-state index contributed by atoms with van der Waals surface area (Å²) in [5, 5.41) is 14.1. The third-order valence-corrected chi connectivity index (χ3v) is 6.05. The monoisotopic (exact) mass is 369 g/mol. The Morgan fingerprint density at radius 2 is 2.04 bits per heavy atom. The molecular weight excluding hydrogens is 330 g/mol. The van der Waals surface area contributed by atoms with Crippen LogP contribution in [-0.2, 0) is 9.47 Å². The summed E-state index contributed by atoms with van der Waals surface area (Å²) in [6.45, 7) is 7.83. The Kier molecular flexibility index (Phi) is 8.11. The Labute approximate surface area is 158 Å². The third-order valence-electron chi connectivity index (χ3n) is 6.05. The number of likely N-dealkylation sites (tertiary alicyclic amines) is 1. The van der Waals surface area contributed by atoms with Crippen LogP contribution >= 0.6 is 0 Å². The van der Waals surface area contributed by atoms with E-state index >= 15 is 0 Å². The zero-order chi connectivity index (χ0) is 18.4. The minimum Gasteiger partial charge on any atom is -0.379 e. The molecule has 0 bridgehead atoms. The molecule has 3 rings (SSSR count). The van der Waals surface area contributed by atoms with Crippen molar-refractivity contribution in [1.82, 2.24) is 26.2 Å². The highest BCUT2D eigenvalue weighted by Crippen LogP contribution is 2.25. The summed E-state index contributed by atoms with van der Waals surface area (Å²) in [5.41, 5.74) is 0. The summed E-state index contributed by atoms with van der Waals surface area (Å²) in [4.78, 5) is 2.52. The summed E-state index contributed by atoms with van der Waals surface area (Å²) < 4.78 is 12.1. The maximum atomic E-state index is 6.33. The second-order valence-electron chi connectivity index (χ2n) is 8.27. The molecule has 1 aliphatic carbocycles. The van der Waals surface area contributed by atoms with Crippen LogP contribution in [0, 0.1) is 5.92 Å². The maximum absolute atomic E-state index is 6.33. The second kappa shape index (κ2) is 10.3. The van der Waals surface area contributed by atoms with Gasteiger partial charge < -0.3 is 19.7 Å². The van der Waals surface area contributed by atoms with E-state index in [4.69, 9.17) is 9.47 Å². The molecule has 0 aromatic heterocycles. The van der Waals surface area contributed by atoms with E-state index in [1.54, 1.807) is 0 Å². The summed E-state index contributed by atoms with van der Waals surface area (Å²) in [5.74, 6) is 0.583. The summed E-state index contributed by atoms with van der Waals surface area (Å²) in [6.07, 6.45) is 6.61. The first kappa shape index (κ1) is 20.5. The van der Waals surface area contributed by atoms with Crippen LogP contribution in [0.3, 0.4) is 0 Å². The van der Waals surface area contributed by atoms with E-state index in [1.807, 2.05) is 14.2 Å². The number of hydrogen-bond acceptors (Lipinski definition) is 7. The highest BCUT2D eigenvalue weighted by Gasteiger charge is 2.33. The van der Waals surface area contributed by atoms with Gasteiger partial charge in [-0.2, -0.15) is 0 Å². The van der Waals surface area contributed by atoms with Crippen LogP contribution in [0.2, 0.25) is 0 Å². The molecule has 3 aliphatic rings. The standard InChI is InChI=1S/C19H39N5O2/c1-14(12-24-9-4-10-24)13-26-17-11-15(5-6-16(17)25-3)22-19-21-8-7-18(20-2)23-19/h14-23H,4-13H2,1-3H3/t14-,15?,16?,17?,18?,19?/m0/s1. The molecule has 5 unspecified atom stereocenters. The van der Waals surface area contributed by atoms with Gasteiger partial charge in [0.2, 0.25) is 0 Å². The Morgan fingerprint density at radius 1 is 1.19 bits per heavy atom. The number of rotatable bonds is 9. The van der Waals surface area contributed by atoms with Gasteiger partial charge in [0.25, 0.3) is 0 Å². The number of nitrogens with zero attached hydrogens (tertiary/aromatic N) is 1. The number of methoxy groups -OCH3 is 1. The van der Waals surface area contributed by atoms with E-state index in [9.17, 15) is 0 Å². The molecule has 2 heterocycles. The molecule has 0 aromatic carbocycles. The normalized spacial score (nSPS) is 37.3. The molecule has 0 amide bonds. The highest BCUT2D eigenvalue weighted by atomic mass is 16.5. The van der Waals surface area contributed by atoms with Gasteiger partial charge in [-0.3, -0.25) is 16.0 Å². The molecule has 152 valence electrons. The van der Waals surface area contributed by atoms with Gasteiger partial charge in [-0.25, -0.2) is 0 Å². The van der Waals surface area contributed by atoms with Crippen LogP contribution in [0.5, 0.6) is 0 Å². The molecule has 2 aliphatic heterocycles. The summed E-state index contributed by atoms with van der Waals surface area (Å²) >= 11 is 0. The maximum Gasteiger partial charge on any atom is 0.113 e. The fraction of sp³-hybridized carbons (Fsp3) is 1.00. The predicted octanol–water partition coefficient (Wildman–Crippen LogP) is 0.283. The van der Waals surface area contributed by atoms with Crippen molar-refractivity contribution >= 4 is 0 Å². The van der Waals surface area contributed by atoms with Gasteiger partial charge >= 0.3 is 0 Å². The van der Waals surface area contributed by atoms with Crippen LogP contribution < -0.4 is 21.3 Å². The molecule has 0 radical (unpaired) electrons. The quantitative estimate of drug-likeness (QED) is 0.465. The summed E-state index contributed by atoms with van der Waals surface area (Å²) in [6, 6.07) is 0.456. The predicted molar refractivity (Wildman–Crippen MR) is 104 cm³/mol. The van der Waals surface area contributed by atoms with Crippen LogP contribution in [0.1, 0.15) is 39.0 Å². The Balaban J connectivity index is 1.43. The molecule has 6 atom stereocenters. The van der Waals surface area contributed by atoms with Crippen molar-refractivity contribution in [2.45, 2.75) is 69.7 Å². The first-order valence-corrected chi connectivity index (χ1v) is 10.5. The van der Waals surface area contributed by atoms with Crippen molar-refractivity contribution in [2.75, 3.05) is 46.9 Å². The molecule has 3 fully saturated rings. The van der Waals surface area contributed by atoms with Gasteiger partial charge in [0.15, 0.2) is 0 Å². The Hall–Kier alpha value is -0.280. The van der Waals surface area contributed by atoms with Crippen molar-refractivity contribution < 1.29 is 9.47 Å². The number of hydrogen-bond donors (Lipinski definition) is 4. The minimum atomic E-state index is 0.163. The van der Waals surface area contributed by atoms with Gasteiger partial charge in [0, 0.05) is 26.2 Å². The van der Waals surface area contributed by atoms with Gasteiger partial charge in [0.05, 0.1) is 25.0 Å².